The Morgan fingerprint density at radius 2 is 1.83 bits per heavy atom. The molecular formula is C13H16N2O3. The number of carbonyl (C=O) groups excluding carboxylic acids is 1. The summed E-state index contributed by atoms with van der Waals surface area (Å²) in [4.78, 5) is 39.0. The van der Waals surface area contributed by atoms with Gasteiger partial charge in [0.1, 0.15) is 6.04 Å². The van der Waals surface area contributed by atoms with E-state index in [9.17, 15) is 14.4 Å². The van der Waals surface area contributed by atoms with Gasteiger partial charge >= 0.3 is 5.69 Å². The molecule has 0 amide bonds. The Bertz CT molecular complexity index is 612. The highest BCUT2D eigenvalue weighted by Gasteiger charge is 2.29. The van der Waals surface area contributed by atoms with E-state index >= 15 is 0 Å². The number of hydrogen-bond donors (Lipinski definition) is 1. The lowest BCUT2D eigenvalue weighted by molar-refractivity contribution is -0.124. The van der Waals surface area contributed by atoms with Gasteiger partial charge in [0.2, 0.25) is 0 Å². The Morgan fingerprint density at radius 3 is 2.61 bits per heavy atom. The zero-order valence-corrected chi connectivity index (χ0v) is 10.2. The number of rotatable bonds is 1. The second-order valence-corrected chi connectivity index (χ2v) is 5.14. The molecule has 1 saturated carbocycles. The number of Topliss-reactive ketones (excluding diaryl/α,β-unsaturated/α-hetero) is 1. The Hall–Kier alpha value is -1.65. The molecule has 96 valence electrons. The Kier molecular flexibility index (Phi) is 2.69. The first-order valence-electron chi connectivity index (χ1n) is 6.58. The normalized spacial score (nSPS) is 23.1. The van der Waals surface area contributed by atoms with E-state index < -0.39 is 11.7 Å². The third-order valence-corrected chi connectivity index (χ3v) is 4.01. The highest BCUT2D eigenvalue weighted by molar-refractivity contribution is 5.83. The lowest BCUT2D eigenvalue weighted by Gasteiger charge is -2.22. The molecule has 1 unspecified atom stereocenters. The number of ketones is 1. The highest BCUT2D eigenvalue weighted by atomic mass is 16.2. The van der Waals surface area contributed by atoms with Crippen molar-refractivity contribution < 1.29 is 4.79 Å². The van der Waals surface area contributed by atoms with Crippen molar-refractivity contribution in [1.29, 1.82) is 0 Å². The maximum Gasteiger partial charge on any atom is 0.329 e. The Labute approximate surface area is 104 Å². The van der Waals surface area contributed by atoms with Gasteiger partial charge in [0.05, 0.1) is 0 Å². The molecule has 18 heavy (non-hydrogen) atoms. The predicted octanol–water partition coefficient (Wildman–Crippen LogP) is 0.710. The van der Waals surface area contributed by atoms with Crippen LogP contribution in [-0.2, 0) is 17.6 Å². The van der Waals surface area contributed by atoms with E-state index in [0.29, 0.717) is 24.8 Å². The maximum atomic E-state index is 12.3. The molecule has 3 rings (SSSR count). The molecule has 1 fully saturated rings. The van der Waals surface area contributed by atoms with Gasteiger partial charge in [-0.2, -0.15) is 0 Å². The molecule has 0 spiro atoms. The molecule has 1 aromatic rings. The van der Waals surface area contributed by atoms with Crippen molar-refractivity contribution in [3.05, 3.63) is 32.1 Å². The SMILES string of the molecule is O=C1CCCCC1n1c(=O)[nH]c2c(c1=O)CCC2. The number of aromatic nitrogens is 2. The molecular weight excluding hydrogens is 232 g/mol. The molecule has 1 aromatic heterocycles. The number of aryl methyl sites for hydroxylation is 1. The van der Waals surface area contributed by atoms with Gasteiger partial charge in [-0.3, -0.25) is 9.59 Å². The summed E-state index contributed by atoms with van der Waals surface area (Å²) in [7, 11) is 0. The first-order valence-corrected chi connectivity index (χ1v) is 6.58. The van der Waals surface area contributed by atoms with E-state index in [1.165, 1.54) is 0 Å². The third-order valence-electron chi connectivity index (χ3n) is 4.01. The highest BCUT2D eigenvalue weighted by Crippen LogP contribution is 2.23. The number of H-pyrrole nitrogens is 1. The van der Waals surface area contributed by atoms with Gasteiger partial charge in [-0.25, -0.2) is 9.36 Å². The summed E-state index contributed by atoms with van der Waals surface area (Å²) < 4.78 is 1.16. The van der Waals surface area contributed by atoms with Crippen molar-refractivity contribution in [2.24, 2.45) is 0 Å². The molecule has 0 aromatic carbocycles. The number of fused-ring (bicyclic) bond motifs is 1. The monoisotopic (exact) mass is 248 g/mol. The summed E-state index contributed by atoms with van der Waals surface area (Å²) in [6.45, 7) is 0. The third kappa shape index (κ3) is 1.65. The molecule has 0 saturated heterocycles. The van der Waals surface area contributed by atoms with Crippen LogP contribution in [0.3, 0.4) is 0 Å². The minimum absolute atomic E-state index is 0.0202. The summed E-state index contributed by atoms with van der Waals surface area (Å²) in [6, 6.07) is -0.541. The van der Waals surface area contributed by atoms with Crippen molar-refractivity contribution in [1.82, 2.24) is 9.55 Å². The molecule has 0 aliphatic heterocycles. The number of aromatic amines is 1. The Morgan fingerprint density at radius 1 is 1.00 bits per heavy atom. The number of nitrogens with zero attached hydrogens (tertiary/aromatic N) is 1. The summed E-state index contributed by atoms with van der Waals surface area (Å²) in [5, 5.41) is 0. The molecule has 2 aliphatic rings. The van der Waals surface area contributed by atoms with Crippen LogP contribution >= 0.6 is 0 Å². The van der Waals surface area contributed by atoms with Crippen LogP contribution in [0.25, 0.3) is 0 Å². The van der Waals surface area contributed by atoms with E-state index in [1.54, 1.807) is 0 Å². The average molecular weight is 248 g/mol. The fourth-order valence-electron chi connectivity index (χ4n) is 3.07. The fourth-order valence-corrected chi connectivity index (χ4v) is 3.07. The first kappa shape index (κ1) is 11.4. The maximum absolute atomic E-state index is 12.3. The Balaban J connectivity index is 2.15. The van der Waals surface area contributed by atoms with Gasteiger partial charge in [-0.05, 0) is 32.1 Å². The van der Waals surface area contributed by atoms with Crippen LogP contribution in [0.15, 0.2) is 9.59 Å². The lowest BCUT2D eigenvalue weighted by atomic mass is 9.94. The fraction of sp³-hybridized carbons (Fsp3) is 0.615. The summed E-state index contributed by atoms with van der Waals surface area (Å²) in [5.74, 6) is 0.0202. The molecule has 0 radical (unpaired) electrons. The van der Waals surface area contributed by atoms with Crippen LogP contribution in [0.4, 0.5) is 0 Å². The number of carbonyl (C=O) groups is 1. The van der Waals surface area contributed by atoms with Crippen molar-refractivity contribution in [2.45, 2.75) is 51.0 Å². The molecule has 2 aliphatic carbocycles. The smallest absolute Gasteiger partial charge is 0.311 e. The van der Waals surface area contributed by atoms with Crippen molar-refractivity contribution >= 4 is 5.78 Å². The standard InChI is InChI=1S/C13H16N2O3/c16-11-7-2-1-6-10(11)15-12(17)8-4-3-5-9(8)14-13(15)18/h10H,1-7H2,(H,14,18). The van der Waals surface area contributed by atoms with E-state index in [-0.39, 0.29) is 11.3 Å². The lowest BCUT2D eigenvalue weighted by Crippen LogP contribution is -2.43. The van der Waals surface area contributed by atoms with Gasteiger partial charge in [0.15, 0.2) is 5.78 Å². The quantitative estimate of drug-likeness (QED) is 0.795. The van der Waals surface area contributed by atoms with E-state index in [0.717, 1.165) is 35.9 Å². The second kappa shape index (κ2) is 4.23. The summed E-state index contributed by atoms with van der Waals surface area (Å²) in [6.07, 6.45) is 5.24. The first-order chi connectivity index (χ1) is 8.68. The van der Waals surface area contributed by atoms with Gasteiger partial charge in [-0.15, -0.1) is 0 Å². The molecule has 5 heteroatoms. The zero-order valence-electron chi connectivity index (χ0n) is 10.2. The minimum atomic E-state index is -0.541. The predicted molar refractivity (Wildman–Crippen MR) is 65.9 cm³/mol. The van der Waals surface area contributed by atoms with Gasteiger partial charge < -0.3 is 4.98 Å². The average Bonchev–Trinajstić information content (AvgIpc) is 2.79. The van der Waals surface area contributed by atoms with E-state index in [1.807, 2.05) is 0 Å². The van der Waals surface area contributed by atoms with Crippen LogP contribution in [-0.4, -0.2) is 15.3 Å². The van der Waals surface area contributed by atoms with E-state index in [2.05, 4.69) is 4.98 Å². The van der Waals surface area contributed by atoms with Crippen LogP contribution < -0.4 is 11.2 Å². The van der Waals surface area contributed by atoms with Crippen LogP contribution in [0.2, 0.25) is 0 Å². The van der Waals surface area contributed by atoms with Gasteiger partial charge in [-0.1, -0.05) is 6.42 Å². The van der Waals surface area contributed by atoms with Gasteiger partial charge in [0, 0.05) is 17.7 Å². The number of nitrogens with one attached hydrogen (secondary N) is 1. The molecule has 1 N–H and O–H groups in total. The van der Waals surface area contributed by atoms with Crippen molar-refractivity contribution in [2.75, 3.05) is 0 Å². The molecule has 5 nitrogen and oxygen atoms in total. The zero-order chi connectivity index (χ0) is 12.7. The van der Waals surface area contributed by atoms with Crippen LogP contribution in [0.1, 0.15) is 49.4 Å². The van der Waals surface area contributed by atoms with Gasteiger partial charge in [0.25, 0.3) is 5.56 Å². The summed E-state index contributed by atoms with van der Waals surface area (Å²) in [5.41, 5.74) is 0.810. The molecule has 0 bridgehead atoms. The van der Waals surface area contributed by atoms with Crippen LogP contribution in [0.5, 0.6) is 0 Å². The van der Waals surface area contributed by atoms with E-state index in [4.69, 9.17) is 0 Å². The summed E-state index contributed by atoms with van der Waals surface area (Å²) >= 11 is 0. The van der Waals surface area contributed by atoms with Crippen LogP contribution in [0, 0.1) is 0 Å². The second-order valence-electron chi connectivity index (χ2n) is 5.14. The van der Waals surface area contributed by atoms with Crippen molar-refractivity contribution in [3.63, 3.8) is 0 Å². The van der Waals surface area contributed by atoms with Crippen molar-refractivity contribution in [3.8, 4) is 0 Å². The number of hydrogen-bond acceptors (Lipinski definition) is 3. The topological polar surface area (TPSA) is 71.9 Å². The minimum Gasteiger partial charge on any atom is -0.311 e. The largest absolute Gasteiger partial charge is 0.329 e. The molecule has 1 heterocycles. The molecule has 1 atom stereocenters.